The summed E-state index contributed by atoms with van der Waals surface area (Å²) in [4.78, 5) is 14.2. The van der Waals surface area contributed by atoms with Gasteiger partial charge in [-0.05, 0) is 37.2 Å². The van der Waals surface area contributed by atoms with Crippen molar-refractivity contribution in [2.45, 2.75) is 45.2 Å². The molecular formula is C12H24N2OS. The van der Waals surface area contributed by atoms with E-state index in [1.54, 1.807) is 11.8 Å². The molecule has 16 heavy (non-hydrogen) atoms. The summed E-state index contributed by atoms with van der Waals surface area (Å²) in [5, 5.41) is 0. The topological polar surface area (TPSA) is 46.3 Å². The van der Waals surface area contributed by atoms with E-state index in [1.165, 1.54) is 0 Å². The van der Waals surface area contributed by atoms with Crippen LogP contribution in [0.3, 0.4) is 0 Å². The molecule has 0 unspecified atom stereocenters. The van der Waals surface area contributed by atoms with E-state index in [2.05, 4.69) is 13.8 Å². The molecular weight excluding hydrogens is 220 g/mol. The third-order valence-corrected chi connectivity index (χ3v) is 3.43. The smallest absolute Gasteiger partial charge is 0.239 e. The molecule has 1 atom stereocenters. The first-order valence-electron chi connectivity index (χ1n) is 6.11. The first kappa shape index (κ1) is 13.8. The Labute approximate surface area is 103 Å². The molecule has 3 nitrogen and oxygen atoms in total. The number of nitrogens with two attached hydrogens (primary N) is 1. The molecule has 0 aromatic heterocycles. The highest BCUT2D eigenvalue weighted by molar-refractivity contribution is 7.98. The molecule has 0 aromatic rings. The van der Waals surface area contributed by atoms with Gasteiger partial charge in [-0.2, -0.15) is 11.8 Å². The highest BCUT2D eigenvalue weighted by Crippen LogP contribution is 2.28. The second-order valence-corrected chi connectivity index (χ2v) is 5.99. The van der Waals surface area contributed by atoms with E-state index in [4.69, 9.17) is 5.73 Å². The summed E-state index contributed by atoms with van der Waals surface area (Å²) in [6.07, 6.45) is 5.16. The van der Waals surface area contributed by atoms with Gasteiger partial charge in [-0.3, -0.25) is 4.79 Å². The lowest BCUT2D eigenvalue weighted by Crippen LogP contribution is -2.46. The summed E-state index contributed by atoms with van der Waals surface area (Å²) in [7, 11) is 0. The van der Waals surface area contributed by atoms with E-state index in [9.17, 15) is 4.79 Å². The molecule has 1 amide bonds. The number of amides is 1. The van der Waals surface area contributed by atoms with E-state index < -0.39 is 0 Å². The Balaban J connectivity index is 2.46. The number of thioether (sulfide) groups is 1. The molecule has 0 radical (unpaired) electrons. The lowest BCUT2D eigenvalue weighted by atomic mass is 10.1. The second-order valence-electron chi connectivity index (χ2n) is 5.00. The zero-order valence-corrected chi connectivity index (χ0v) is 11.4. The highest BCUT2D eigenvalue weighted by Gasteiger charge is 2.34. The predicted octanol–water partition coefficient (Wildman–Crippen LogP) is 1.71. The number of rotatable bonds is 7. The lowest BCUT2D eigenvalue weighted by molar-refractivity contribution is -0.133. The number of nitrogens with zero attached hydrogens (tertiary/aromatic N) is 1. The average molecular weight is 244 g/mol. The number of carbonyl (C=O) groups excluding carboxylic acids is 1. The van der Waals surface area contributed by atoms with E-state index in [0.29, 0.717) is 12.0 Å². The van der Waals surface area contributed by atoms with Crippen molar-refractivity contribution in [3.8, 4) is 0 Å². The molecule has 0 aromatic carbocycles. The third-order valence-electron chi connectivity index (χ3n) is 2.78. The van der Waals surface area contributed by atoms with Gasteiger partial charge in [0.05, 0.1) is 6.04 Å². The average Bonchev–Trinajstić information content (AvgIpc) is 3.05. The molecule has 94 valence electrons. The predicted molar refractivity (Wildman–Crippen MR) is 70.5 cm³/mol. The normalized spacial score (nSPS) is 17.6. The summed E-state index contributed by atoms with van der Waals surface area (Å²) in [5.41, 5.74) is 5.94. The molecule has 4 heteroatoms. The molecule has 2 N–H and O–H groups in total. The van der Waals surface area contributed by atoms with Gasteiger partial charge >= 0.3 is 0 Å². The van der Waals surface area contributed by atoms with E-state index in [1.807, 2.05) is 11.2 Å². The zero-order valence-electron chi connectivity index (χ0n) is 10.6. The summed E-state index contributed by atoms with van der Waals surface area (Å²) in [6, 6.07) is 0.182. The Bertz CT molecular complexity index is 229. The Morgan fingerprint density at radius 1 is 1.50 bits per heavy atom. The Morgan fingerprint density at radius 2 is 2.12 bits per heavy atom. The van der Waals surface area contributed by atoms with Crippen molar-refractivity contribution in [3.63, 3.8) is 0 Å². The van der Waals surface area contributed by atoms with Crippen LogP contribution in [-0.4, -0.2) is 41.4 Å². The van der Waals surface area contributed by atoms with Crippen LogP contribution in [0, 0.1) is 5.92 Å². The van der Waals surface area contributed by atoms with Crippen molar-refractivity contribution in [1.29, 1.82) is 0 Å². The molecule has 1 aliphatic rings. The fraction of sp³-hybridized carbons (Fsp3) is 0.917. The number of hydrogen-bond acceptors (Lipinski definition) is 3. The van der Waals surface area contributed by atoms with Crippen LogP contribution in [0.2, 0.25) is 0 Å². The van der Waals surface area contributed by atoms with Crippen LogP contribution in [0.15, 0.2) is 0 Å². The minimum absolute atomic E-state index is 0.158. The molecule has 1 rings (SSSR count). The first-order valence-corrected chi connectivity index (χ1v) is 7.50. The molecule has 0 bridgehead atoms. The minimum atomic E-state index is -0.299. The Kier molecular flexibility index (Phi) is 5.62. The fourth-order valence-corrected chi connectivity index (χ4v) is 2.27. The molecule has 1 aliphatic carbocycles. The summed E-state index contributed by atoms with van der Waals surface area (Å²) >= 11 is 1.75. The van der Waals surface area contributed by atoms with Crippen molar-refractivity contribution in [1.82, 2.24) is 4.90 Å². The summed E-state index contributed by atoms with van der Waals surface area (Å²) in [6.45, 7) is 5.16. The number of hydrogen-bond donors (Lipinski definition) is 1. The zero-order chi connectivity index (χ0) is 12.1. The van der Waals surface area contributed by atoms with E-state index >= 15 is 0 Å². The largest absolute Gasteiger partial charge is 0.338 e. The number of carbonyl (C=O) groups is 1. The summed E-state index contributed by atoms with van der Waals surface area (Å²) in [5.74, 6) is 1.65. The van der Waals surface area contributed by atoms with Crippen molar-refractivity contribution in [2.24, 2.45) is 11.7 Å². The van der Waals surface area contributed by atoms with Crippen molar-refractivity contribution >= 4 is 17.7 Å². The second kappa shape index (κ2) is 6.50. The van der Waals surface area contributed by atoms with Crippen LogP contribution in [0.4, 0.5) is 0 Å². The first-order chi connectivity index (χ1) is 7.56. The molecule has 0 spiro atoms. The van der Waals surface area contributed by atoms with Crippen LogP contribution in [0.25, 0.3) is 0 Å². The van der Waals surface area contributed by atoms with Crippen LogP contribution in [-0.2, 0) is 4.79 Å². The maximum Gasteiger partial charge on any atom is 0.239 e. The van der Waals surface area contributed by atoms with Gasteiger partial charge in [0.25, 0.3) is 0 Å². The van der Waals surface area contributed by atoms with Gasteiger partial charge in [0.1, 0.15) is 0 Å². The molecule has 0 saturated heterocycles. The Hall–Kier alpha value is -0.220. The van der Waals surface area contributed by atoms with Gasteiger partial charge < -0.3 is 10.6 Å². The SMILES string of the molecule is CSCC[C@@H](N)C(=O)N(CC(C)C)C1CC1. The van der Waals surface area contributed by atoms with Crippen LogP contribution < -0.4 is 5.73 Å². The standard InChI is InChI=1S/C12H24N2OS/c1-9(2)8-14(10-4-5-10)12(15)11(13)6-7-16-3/h9-11H,4-8,13H2,1-3H3/t11-/m1/s1. The molecule has 0 heterocycles. The van der Waals surface area contributed by atoms with Gasteiger partial charge in [0.2, 0.25) is 5.91 Å². The minimum Gasteiger partial charge on any atom is -0.338 e. The molecule has 0 aliphatic heterocycles. The van der Waals surface area contributed by atoms with Gasteiger partial charge in [-0.15, -0.1) is 0 Å². The van der Waals surface area contributed by atoms with Crippen LogP contribution in [0.1, 0.15) is 33.1 Å². The molecule has 1 fully saturated rings. The molecule has 1 saturated carbocycles. The van der Waals surface area contributed by atoms with Crippen LogP contribution >= 0.6 is 11.8 Å². The van der Waals surface area contributed by atoms with E-state index in [0.717, 1.165) is 31.6 Å². The quantitative estimate of drug-likeness (QED) is 0.741. The van der Waals surface area contributed by atoms with Crippen molar-refractivity contribution < 1.29 is 4.79 Å². The lowest BCUT2D eigenvalue weighted by Gasteiger charge is -2.27. The summed E-state index contributed by atoms with van der Waals surface area (Å²) < 4.78 is 0. The van der Waals surface area contributed by atoms with Crippen LogP contribution in [0.5, 0.6) is 0 Å². The Morgan fingerprint density at radius 3 is 2.56 bits per heavy atom. The van der Waals surface area contributed by atoms with Gasteiger partial charge in [-0.25, -0.2) is 0 Å². The van der Waals surface area contributed by atoms with Crippen molar-refractivity contribution in [3.05, 3.63) is 0 Å². The highest BCUT2D eigenvalue weighted by atomic mass is 32.2. The monoisotopic (exact) mass is 244 g/mol. The maximum absolute atomic E-state index is 12.2. The van der Waals surface area contributed by atoms with Crippen molar-refractivity contribution in [2.75, 3.05) is 18.6 Å². The fourth-order valence-electron chi connectivity index (χ4n) is 1.78. The van der Waals surface area contributed by atoms with Gasteiger partial charge in [-0.1, -0.05) is 13.8 Å². The van der Waals surface area contributed by atoms with E-state index in [-0.39, 0.29) is 11.9 Å². The third kappa shape index (κ3) is 4.34. The maximum atomic E-state index is 12.2. The van der Waals surface area contributed by atoms with Gasteiger partial charge in [0, 0.05) is 12.6 Å². The van der Waals surface area contributed by atoms with Gasteiger partial charge in [0.15, 0.2) is 0 Å².